The first-order chi connectivity index (χ1) is 15.9. The van der Waals surface area contributed by atoms with Gasteiger partial charge in [-0.15, -0.1) is 0 Å². The fraction of sp³-hybridized carbons (Fsp3) is 0.143. The molecule has 2 unspecified atom stereocenters. The predicted molar refractivity (Wildman–Crippen MR) is 131 cm³/mol. The molecule has 0 spiro atoms. The number of hydrogen-bond donors (Lipinski definition) is 0. The molecule has 2 aliphatic carbocycles. The fourth-order valence-corrected chi connectivity index (χ4v) is 14.8. The van der Waals surface area contributed by atoms with Gasteiger partial charge in [-0.3, -0.25) is 0 Å². The molecule has 0 saturated heterocycles. The summed E-state index contributed by atoms with van der Waals surface area (Å²) in [5.41, 5.74) is 4.72. The van der Waals surface area contributed by atoms with Crippen LogP contribution in [0.25, 0.3) is 12.2 Å². The zero-order chi connectivity index (χ0) is 22.7. The molecule has 164 valence electrons. The molecule has 5 heteroatoms. The van der Waals surface area contributed by atoms with Gasteiger partial charge in [0.1, 0.15) is 0 Å². The second kappa shape index (κ2) is 8.01. The van der Waals surface area contributed by atoms with Crippen LogP contribution in [-0.4, -0.2) is 0 Å². The van der Waals surface area contributed by atoms with E-state index in [1.165, 1.54) is 11.1 Å². The first kappa shape index (κ1) is 21.5. The summed E-state index contributed by atoms with van der Waals surface area (Å²) in [5, 5.41) is 0. The first-order valence-electron chi connectivity index (χ1n) is 11.1. The molecule has 2 aromatic heterocycles. The second-order valence-corrected chi connectivity index (χ2v) is 22.3. The third kappa shape index (κ3) is 3.48. The van der Waals surface area contributed by atoms with E-state index >= 15 is 0 Å². The number of hydrogen-bond acceptors (Lipinski definition) is 2. The molecular formula is C28H22Cl2O2Zr. The Kier molecular flexibility index (Phi) is 5.22. The van der Waals surface area contributed by atoms with E-state index in [1.807, 2.05) is 26.0 Å². The average molecular weight is 553 g/mol. The quantitative estimate of drug-likeness (QED) is 0.253. The van der Waals surface area contributed by atoms with Crippen molar-refractivity contribution in [3.63, 3.8) is 0 Å². The van der Waals surface area contributed by atoms with Crippen molar-refractivity contribution in [1.82, 2.24) is 0 Å². The molecule has 2 nitrogen and oxygen atoms in total. The normalized spacial score (nSPS) is 19.3. The van der Waals surface area contributed by atoms with E-state index in [9.17, 15) is 0 Å². The summed E-state index contributed by atoms with van der Waals surface area (Å²) in [7, 11) is 15.2. The SMILES string of the molecule is Cc1ccc(C2[C]([Zr]([Cl])([Cl])[C]3=Cc4ccccc4C3c3ccc(C)o3)=Cc3ccccc32)o1. The Morgan fingerprint density at radius 2 is 1.03 bits per heavy atom. The van der Waals surface area contributed by atoms with Crippen molar-refractivity contribution < 1.29 is 26.7 Å². The van der Waals surface area contributed by atoms with Crippen molar-refractivity contribution in [3.05, 3.63) is 125 Å². The molecule has 2 heterocycles. The van der Waals surface area contributed by atoms with Crippen LogP contribution in [-0.2, 0) is 17.9 Å². The summed E-state index contributed by atoms with van der Waals surface area (Å²) in [6.45, 7) is 3.94. The van der Waals surface area contributed by atoms with Gasteiger partial charge in [-0.05, 0) is 0 Å². The standard InChI is InChI=1S/2C14H11O.2ClH.Zr/c2*1-10-6-9-14(15-10)13-8-7-11-4-2-3-5-12(11)13;;;/h2*2-7,9,13H,1H3;2*1H;/q;;;;+2/p-2. The summed E-state index contributed by atoms with van der Waals surface area (Å²) in [6, 6.07) is 24.9. The third-order valence-corrected chi connectivity index (χ3v) is 17.5. The number of allylic oxidation sites excluding steroid dienone is 2. The maximum absolute atomic E-state index is 7.59. The van der Waals surface area contributed by atoms with Crippen LogP contribution in [0.2, 0.25) is 0 Å². The third-order valence-electron chi connectivity index (χ3n) is 6.67. The van der Waals surface area contributed by atoms with Gasteiger partial charge in [0.15, 0.2) is 0 Å². The minimum absolute atomic E-state index is 0.0655. The Morgan fingerprint density at radius 3 is 1.42 bits per heavy atom. The minimum atomic E-state index is -4.13. The van der Waals surface area contributed by atoms with E-state index in [2.05, 4.69) is 72.8 Å². The molecule has 0 bridgehead atoms. The zero-order valence-corrected chi connectivity index (χ0v) is 22.3. The van der Waals surface area contributed by atoms with Crippen LogP contribution in [0.15, 0.2) is 88.2 Å². The number of benzene rings is 2. The van der Waals surface area contributed by atoms with Crippen LogP contribution in [0.1, 0.15) is 57.1 Å². The van der Waals surface area contributed by atoms with E-state index in [1.54, 1.807) is 0 Å². The van der Waals surface area contributed by atoms with Crippen LogP contribution < -0.4 is 0 Å². The van der Waals surface area contributed by atoms with Gasteiger partial charge in [0.2, 0.25) is 0 Å². The van der Waals surface area contributed by atoms with E-state index in [0.717, 1.165) is 40.7 Å². The van der Waals surface area contributed by atoms with Crippen molar-refractivity contribution in [3.8, 4) is 0 Å². The summed E-state index contributed by atoms with van der Waals surface area (Å²) in [6.07, 6.45) is 4.42. The van der Waals surface area contributed by atoms with Gasteiger partial charge >= 0.3 is 206 Å². The fourth-order valence-electron chi connectivity index (χ4n) is 5.19. The summed E-state index contributed by atoms with van der Waals surface area (Å²) >= 11 is -4.13. The van der Waals surface area contributed by atoms with Crippen LogP contribution >= 0.6 is 17.0 Å². The van der Waals surface area contributed by atoms with Gasteiger partial charge in [-0.1, -0.05) is 0 Å². The molecular weight excluding hydrogens is 530 g/mol. The Morgan fingerprint density at radius 1 is 0.606 bits per heavy atom. The topological polar surface area (TPSA) is 26.3 Å². The summed E-state index contributed by atoms with van der Waals surface area (Å²) < 4.78 is 14.5. The van der Waals surface area contributed by atoms with Crippen molar-refractivity contribution in [2.45, 2.75) is 25.7 Å². The van der Waals surface area contributed by atoms with Crippen LogP contribution in [0.4, 0.5) is 0 Å². The Balaban J connectivity index is 1.51. The monoisotopic (exact) mass is 550 g/mol. The van der Waals surface area contributed by atoms with E-state index in [4.69, 9.17) is 25.9 Å². The number of fused-ring (bicyclic) bond motifs is 2. The van der Waals surface area contributed by atoms with E-state index in [0.29, 0.717) is 0 Å². The summed E-state index contributed by atoms with van der Waals surface area (Å²) in [4.78, 5) is 0. The average Bonchev–Trinajstić information content (AvgIpc) is 3.57. The van der Waals surface area contributed by atoms with Crippen molar-refractivity contribution in [2.75, 3.05) is 0 Å². The van der Waals surface area contributed by atoms with Gasteiger partial charge in [0, 0.05) is 0 Å². The van der Waals surface area contributed by atoms with Crippen molar-refractivity contribution in [1.29, 1.82) is 0 Å². The molecule has 4 aromatic rings. The van der Waals surface area contributed by atoms with Crippen LogP contribution in [0.3, 0.4) is 0 Å². The Labute approximate surface area is 205 Å². The molecule has 0 amide bonds. The molecule has 0 N–H and O–H groups in total. The Hall–Kier alpha value is -2.06. The van der Waals surface area contributed by atoms with E-state index < -0.39 is 17.9 Å². The van der Waals surface area contributed by atoms with Gasteiger partial charge in [-0.2, -0.15) is 0 Å². The van der Waals surface area contributed by atoms with Gasteiger partial charge < -0.3 is 0 Å². The molecule has 2 atom stereocenters. The molecule has 2 aliphatic rings. The molecule has 2 aromatic carbocycles. The van der Waals surface area contributed by atoms with Crippen LogP contribution in [0, 0.1) is 13.8 Å². The molecule has 0 radical (unpaired) electrons. The first-order valence-corrected chi connectivity index (χ1v) is 19.8. The van der Waals surface area contributed by atoms with Gasteiger partial charge in [0.25, 0.3) is 0 Å². The predicted octanol–water partition coefficient (Wildman–Crippen LogP) is 8.62. The summed E-state index contributed by atoms with van der Waals surface area (Å²) in [5.74, 6) is 3.43. The number of halogens is 2. The van der Waals surface area contributed by atoms with Crippen molar-refractivity contribution in [2.24, 2.45) is 0 Å². The van der Waals surface area contributed by atoms with E-state index in [-0.39, 0.29) is 11.8 Å². The molecule has 33 heavy (non-hydrogen) atoms. The molecule has 0 aliphatic heterocycles. The van der Waals surface area contributed by atoms with Gasteiger partial charge in [-0.25, -0.2) is 0 Å². The molecule has 0 saturated carbocycles. The molecule has 6 rings (SSSR count). The molecule has 0 fully saturated rings. The van der Waals surface area contributed by atoms with Crippen LogP contribution in [0.5, 0.6) is 0 Å². The zero-order valence-electron chi connectivity index (χ0n) is 18.3. The van der Waals surface area contributed by atoms with Gasteiger partial charge in [0.05, 0.1) is 0 Å². The number of aryl methyl sites for hydroxylation is 2. The van der Waals surface area contributed by atoms with Crippen molar-refractivity contribution >= 4 is 29.2 Å². The second-order valence-electron chi connectivity index (χ2n) is 8.79. The Bertz CT molecular complexity index is 1330. The number of rotatable bonds is 4. The number of furan rings is 2. The maximum atomic E-state index is 7.59.